The van der Waals surface area contributed by atoms with Crippen molar-refractivity contribution in [3.8, 4) is 0 Å². The van der Waals surface area contributed by atoms with Gasteiger partial charge >= 0.3 is 6.09 Å². The number of carbonyl (C=O) groups excluding carboxylic acids is 1. The fourth-order valence-electron chi connectivity index (χ4n) is 2.94. The third-order valence-electron chi connectivity index (χ3n) is 4.07. The summed E-state index contributed by atoms with van der Waals surface area (Å²) in [6.07, 6.45) is 4.11. The topological polar surface area (TPSA) is 61.8 Å². The Bertz CT molecular complexity index is 339. The summed E-state index contributed by atoms with van der Waals surface area (Å²) in [5.74, 6) is 0.844. The predicted molar refractivity (Wildman–Crippen MR) is 88.9 cm³/mol. The molecule has 0 aromatic rings. The molecule has 1 aliphatic carbocycles. The molecule has 0 bridgehead atoms. The van der Waals surface area contributed by atoms with E-state index in [0.717, 1.165) is 12.5 Å². The smallest absolute Gasteiger partial charge is 0.410 e. The van der Waals surface area contributed by atoms with Crippen molar-refractivity contribution in [3.63, 3.8) is 0 Å². The number of hydrogen-bond acceptors (Lipinski definition) is 4. The van der Waals surface area contributed by atoms with Crippen molar-refractivity contribution in [1.82, 2.24) is 10.2 Å². The molecule has 0 radical (unpaired) electrons. The fourth-order valence-corrected chi connectivity index (χ4v) is 2.94. The van der Waals surface area contributed by atoms with Crippen LogP contribution in [0.25, 0.3) is 0 Å². The van der Waals surface area contributed by atoms with E-state index in [2.05, 4.69) is 12.2 Å². The lowest BCUT2D eigenvalue weighted by atomic mass is 10.1. The number of aliphatic hydroxyl groups excluding tert-OH is 1. The molecule has 3 unspecified atom stereocenters. The van der Waals surface area contributed by atoms with Gasteiger partial charge in [0.2, 0.25) is 0 Å². The maximum absolute atomic E-state index is 12.2. The molecule has 0 aromatic carbocycles. The number of carbonyl (C=O) groups is 1. The van der Waals surface area contributed by atoms with Crippen LogP contribution < -0.4 is 5.32 Å². The standard InChI is InChI=1S/C17H34N2O3/c1-6-14-7-8-15(11-14)18-9-10-19(12-13(2)20)16(21)22-17(3,4)5/h13-15,18,20H,6-12H2,1-5H3. The Morgan fingerprint density at radius 3 is 2.59 bits per heavy atom. The van der Waals surface area contributed by atoms with Crippen LogP contribution in [0.1, 0.15) is 60.3 Å². The van der Waals surface area contributed by atoms with Crippen LogP contribution in [0.4, 0.5) is 4.79 Å². The molecule has 0 heterocycles. The second-order valence-corrected chi connectivity index (χ2v) is 7.51. The molecule has 5 nitrogen and oxygen atoms in total. The largest absolute Gasteiger partial charge is 0.444 e. The van der Waals surface area contributed by atoms with Gasteiger partial charge in [0.25, 0.3) is 0 Å². The summed E-state index contributed by atoms with van der Waals surface area (Å²) in [4.78, 5) is 13.8. The minimum absolute atomic E-state index is 0.304. The van der Waals surface area contributed by atoms with E-state index < -0.39 is 11.7 Å². The van der Waals surface area contributed by atoms with Gasteiger partial charge in [0.1, 0.15) is 5.60 Å². The average molecular weight is 314 g/mol. The number of ether oxygens (including phenoxy) is 1. The number of amides is 1. The Morgan fingerprint density at radius 1 is 1.41 bits per heavy atom. The maximum atomic E-state index is 12.2. The first kappa shape index (κ1) is 19.2. The Balaban J connectivity index is 2.40. The minimum atomic E-state index is -0.552. The summed E-state index contributed by atoms with van der Waals surface area (Å²) >= 11 is 0. The lowest BCUT2D eigenvalue weighted by Crippen LogP contribution is -2.44. The average Bonchev–Trinajstić information content (AvgIpc) is 2.83. The number of nitrogens with one attached hydrogen (secondary N) is 1. The lowest BCUT2D eigenvalue weighted by molar-refractivity contribution is 0.0163. The molecular formula is C17H34N2O3. The zero-order valence-electron chi connectivity index (χ0n) is 14.9. The molecule has 1 aliphatic rings. The molecule has 22 heavy (non-hydrogen) atoms. The normalized spacial score (nSPS) is 23.4. The van der Waals surface area contributed by atoms with Crippen molar-refractivity contribution in [2.45, 2.75) is 78.0 Å². The van der Waals surface area contributed by atoms with Crippen LogP contribution >= 0.6 is 0 Å². The molecule has 1 fully saturated rings. The Hall–Kier alpha value is -0.810. The van der Waals surface area contributed by atoms with E-state index in [1.54, 1.807) is 11.8 Å². The van der Waals surface area contributed by atoms with Gasteiger partial charge in [0.15, 0.2) is 0 Å². The molecule has 0 spiro atoms. The highest BCUT2D eigenvalue weighted by Gasteiger charge is 2.25. The first-order valence-electron chi connectivity index (χ1n) is 8.60. The Morgan fingerprint density at radius 2 is 2.09 bits per heavy atom. The van der Waals surface area contributed by atoms with Crippen LogP contribution in [0, 0.1) is 5.92 Å². The van der Waals surface area contributed by atoms with Gasteiger partial charge in [-0.2, -0.15) is 0 Å². The van der Waals surface area contributed by atoms with Crippen LogP contribution in [0.3, 0.4) is 0 Å². The molecule has 3 atom stereocenters. The van der Waals surface area contributed by atoms with E-state index in [4.69, 9.17) is 4.74 Å². The summed E-state index contributed by atoms with van der Waals surface area (Å²) in [7, 11) is 0. The second-order valence-electron chi connectivity index (χ2n) is 7.51. The van der Waals surface area contributed by atoms with Crippen LogP contribution in [0.5, 0.6) is 0 Å². The zero-order chi connectivity index (χ0) is 16.8. The van der Waals surface area contributed by atoms with Gasteiger partial charge in [0.05, 0.1) is 6.10 Å². The molecule has 130 valence electrons. The second kappa shape index (κ2) is 8.73. The van der Waals surface area contributed by atoms with Crippen LogP contribution in [0.2, 0.25) is 0 Å². The van der Waals surface area contributed by atoms with E-state index in [1.807, 2.05) is 20.8 Å². The number of hydrogen-bond donors (Lipinski definition) is 2. The number of rotatable bonds is 7. The molecule has 0 aromatic heterocycles. The molecule has 0 saturated heterocycles. The number of nitrogens with zero attached hydrogens (tertiary/aromatic N) is 1. The summed E-state index contributed by atoms with van der Waals surface area (Å²) in [5.41, 5.74) is -0.513. The first-order valence-corrected chi connectivity index (χ1v) is 8.60. The molecule has 1 rings (SSSR count). The minimum Gasteiger partial charge on any atom is -0.444 e. The summed E-state index contributed by atoms with van der Waals surface area (Å²) in [6.45, 7) is 11.1. The van der Waals surface area contributed by atoms with E-state index in [1.165, 1.54) is 25.7 Å². The van der Waals surface area contributed by atoms with Crippen LogP contribution in [-0.4, -0.2) is 53.5 Å². The molecule has 5 heteroatoms. The van der Waals surface area contributed by atoms with Crippen LogP contribution in [-0.2, 0) is 4.74 Å². The quantitative estimate of drug-likeness (QED) is 0.758. The van der Waals surface area contributed by atoms with Crippen molar-refractivity contribution in [2.24, 2.45) is 5.92 Å². The molecule has 1 amide bonds. The molecule has 2 N–H and O–H groups in total. The van der Waals surface area contributed by atoms with Gasteiger partial charge in [0, 0.05) is 25.7 Å². The zero-order valence-corrected chi connectivity index (χ0v) is 14.9. The van der Waals surface area contributed by atoms with Crippen molar-refractivity contribution in [2.75, 3.05) is 19.6 Å². The van der Waals surface area contributed by atoms with Crippen molar-refractivity contribution >= 4 is 6.09 Å². The summed E-state index contributed by atoms with van der Waals surface area (Å²) in [5, 5.41) is 13.1. The van der Waals surface area contributed by atoms with E-state index in [9.17, 15) is 9.90 Å². The Kier molecular flexibility index (Phi) is 7.63. The lowest BCUT2D eigenvalue weighted by Gasteiger charge is -2.28. The molecule has 1 saturated carbocycles. The van der Waals surface area contributed by atoms with Gasteiger partial charge in [-0.1, -0.05) is 13.3 Å². The van der Waals surface area contributed by atoms with Gasteiger partial charge in [-0.05, 0) is 52.9 Å². The highest BCUT2D eigenvalue weighted by atomic mass is 16.6. The highest BCUT2D eigenvalue weighted by Crippen LogP contribution is 2.27. The fraction of sp³-hybridized carbons (Fsp3) is 0.941. The van der Waals surface area contributed by atoms with Gasteiger partial charge in [-0.3, -0.25) is 0 Å². The predicted octanol–water partition coefficient (Wildman–Crippen LogP) is 2.77. The van der Waals surface area contributed by atoms with Gasteiger partial charge in [-0.15, -0.1) is 0 Å². The van der Waals surface area contributed by atoms with Crippen molar-refractivity contribution in [3.05, 3.63) is 0 Å². The summed E-state index contributed by atoms with van der Waals surface area (Å²) < 4.78 is 5.41. The van der Waals surface area contributed by atoms with Crippen LogP contribution in [0.15, 0.2) is 0 Å². The SMILES string of the molecule is CCC1CCC(NCCN(CC(C)O)C(=O)OC(C)(C)C)C1. The third kappa shape index (κ3) is 7.45. The number of aliphatic hydroxyl groups is 1. The Labute approximate surface area is 135 Å². The first-order chi connectivity index (χ1) is 10.2. The van der Waals surface area contributed by atoms with E-state index in [0.29, 0.717) is 19.1 Å². The maximum Gasteiger partial charge on any atom is 0.410 e. The summed E-state index contributed by atoms with van der Waals surface area (Å²) in [6, 6.07) is 0.567. The van der Waals surface area contributed by atoms with E-state index in [-0.39, 0.29) is 6.09 Å². The van der Waals surface area contributed by atoms with Gasteiger partial charge < -0.3 is 20.1 Å². The van der Waals surface area contributed by atoms with E-state index >= 15 is 0 Å². The molecular weight excluding hydrogens is 280 g/mol. The molecule has 0 aliphatic heterocycles. The third-order valence-corrected chi connectivity index (χ3v) is 4.07. The van der Waals surface area contributed by atoms with Crippen molar-refractivity contribution in [1.29, 1.82) is 0 Å². The van der Waals surface area contributed by atoms with Gasteiger partial charge in [-0.25, -0.2) is 4.79 Å². The monoisotopic (exact) mass is 314 g/mol. The van der Waals surface area contributed by atoms with Crippen molar-refractivity contribution < 1.29 is 14.6 Å². The highest BCUT2D eigenvalue weighted by molar-refractivity contribution is 5.68.